The first-order valence-electron chi connectivity index (χ1n) is 10.9. The zero-order valence-corrected chi connectivity index (χ0v) is 21.9. The number of nitrogens with one attached hydrogen (secondary N) is 1. The number of aliphatic carboxylic acids is 1. The van der Waals surface area contributed by atoms with Gasteiger partial charge in [0.1, 0.15) is 11.5 Å². The van der Waals surface area contributed by atoms with Crippen molar-refractivity contribution in [2.24, 2.45) is 0 Å². The van der Waals surface area contributed by atoms with Crippen molar-refractivity contribution in [3.8, 4) is 0 Å². The van der Waals surface area contributed by atoms with Crippen LogP contribution in [0.3, 0.4) is 0 Å². The molecule has 0 spiro atoms. The normalized spacial score (nSPS) is 12.7. The minimum Gasteiger partial charge on any atom is -0.476 e. The number of carboxylic acids is 1. The number of halogens is 3. The summed E-state index contributed by atoms with van der Waals surface area (Å²) < 4.78 is 50.4. The van der Waals surface area contributed by atoms with Crippen molar-refractivity contribution in [3.05, 3.63) is 52.1 Å². The van der Waals surface area contributed by atoms with E-state index >= 15 is 0 Å². The number of hydrogen-bond donors (Lipinski definition) is 2. The number of carbonyl (C=O) groups excluding carboxylic acids is 1. The second-order valence-electron chi connectivity index (χ2n) is 9.99. The number of carbonyl (C=O) groups is 2. The zero-order valence-electron chi connectivity index (χ0n) is 20.9. The molecule has 1 aromatic heterocycles. The van der Waals surface area contributed by atoms with Crippen molar-refractivity contribution in [1.29, 1.82) is 0 Å². The molecule has 0 saturated heterocycles. The van der Waals surface area contributed by atoms with Crippen molar-refractivity contribution in [2.45, 2.75) is 72.1 Å². The minimum absolute atomic E-state index is 0.0413. The summed E-state index contributed by atoms with van der Waals surface area (Å²) in [7, 11) is -2.18. The van der Waals surface area contributed by atoms with Gasteiger partial charge in [0.25, 0.3) is 5.91 Å². The molecule has 2 rings (SSSR count). The second kappa shape index (κ2) is 9.57. The minimum atomic E-state index is -4.21. The molecule has 1 aromatic carbocycles. The number of nitrogens with zero attached hydrogens (tertiary/aromatic N) is 1. The molecular weight excluding hydrogens is 465 g/mol. The molecule has 0 radical (unpaired) electrons. The predicted molar refractivity (Wildman–Crippen MR) is 128 cm³/mol. The molecule has 10 heteroatoms. The van der Waals surface area contributed by atoms with Gasteiger partial charge < -0.3 is 19.4 Å². The van der Waals surface area contributed by atoms with E-state index in [1.165, 1.54) is 39.0 Å². The van der Waals surface area contributed by atoms with Crippen molar-refractivity contribution < 1.29 is 32.3 Å². The summed E-state index contributed by atoms with van der Waals surface area (Å²) in [5, 5.41) is 11.7. The van der Waals surface area contributed by atoms with Crippen LogP contribution in [0.1, 0.15) is 53.6 Å². The van der Waals surface area contributed by atoms with Crippen LogP contribution in [-0.4, -0.2) is 36.5 Å². The Kier molecular flexibility index (Phi) is 7.79. The van der Waals surface area contributed by atoms with Gasteiger partial charge in [-0.05, 0) is 68.2 Å². The monoisotopic (exact) mass is 498 g/mol. The van der Waals surface area contributed by atoms with Crippen molar-refractivity contribution in [2.75, 3.05) is 11.9 Å². The van der Waals surface area contributed by atoms with Crippen LogP contribution >= 0.6 is 0 Å². The number of aromatic nitrogens is 1. The Balaban J connectivity index is 2.48. The molecule has 1 amide bonds. The van der Waals surface area contributed by atoms with E-state index < -0.39 is 37.6 Å². The molecule has 6 nitrogen and oxygen atoms in total. The van der Waals surface area contributed by atoms with Crippen LogP contribution in [-0.2, 0) is 21.7 Å². The Morgan fingerprint density at radius 1 is 1.15 bits per heavy atom. The molecule has 2 N–H and O–H groups in total. The van der Waals surface area contributed by atoms with Gasteiger partial charge in [0.2, 0.25) is 0 Å². The van der Waals surface area contributed by atoms with Crippen molar-refractivity contribution >= 4 is 25.9 Å². The van der Waals surface area contributed by atoms with E-state index in [1.807, 2.05) is 33.9 Å². The summed E-state index contributed by atoms with van der Waals surface area (Å²) in [6.45, 7) is 14.6. The SMILES string of the molecule is Cc1cc(NC(=O)c2c(C)c(C(F)(F)C(=O)O)n(CCO[Si](C)(C)C(C)(C)C)c2C)ccc1F. The van der Waals surface area contributed by atoms with E-state index in [0.29, 0.717) is 11.3 Å². The lowest BCUT2D eigenvalue weighted by atomic mass is 10.1. The highest BCUT2D eigenvalue weighted by atomic mass is 28.4. The molecule has 0 fully saturated rings. The quantitative estimate of drug-likeness (QED) is 0.437. The lowest BCUT2D eigenvalue weighted by Crippen LogP contribution is -2.41. The zero-order chi connectivity index (χ0) is 26.2. The Bertz CT molecular complexity index is 1100. The van der Waals surface area contributed by atoms with E-state index in [1.54, 1.807) is 0 Å². The average Bonchev–Trinajstić information content (AvgIpc) is 2.94. The van der Waals surface area contributed by atoms with Gasteiger partial charge >= 0.3 is 11.9 Å². The third-order valence-corrected chi connectivity index (χ3v) is 11.1. The first-order chi connectivity index (χ1) is 15.4. The molecule has 0 aliphatic rings. The van der Waals surface area contributed by atoms with Gasteiger partial charge in [-0.2, -0.15) is 8.78 Å². The standard InChI is InChI=1S/C24H33F3N2O4Si/c1-14-13-17(9-10-18(14)25)28-21(30)19-15(2)20(24(26,27)22(31)32)29(16(19)3)11-12-33-34(7,8)23(4,5)6/h9-10,13H,11-12H2,1-8H3,(H,28,30)(H,31,32). The number of benzene rings is 1. The molecule has 34 heavy (non-hydrogen) atoms. The largest absolute Gasteiger partial charge is 0.476 e. The van der Waals surface area contributed by atoms with Gasteiger partial charge in [-0.25, -0.2) is 9.18 Å². The third kappa shape index (κ3) is 5.38. The number of amides is 1. The highest BCUT2D eigenvalue weighted by Crippen LogP contribution is 2.38. The van der Waals surface area contributed by atoms with Crippen LogP contribution < -0.4 is 5.32 Å². The Morgan fingerprint density at radius 3 is 2.24 bits per heavy atom. The number of alkyl halides is 2. The highest BCUT2D eigenvalue weighted by Gasteiger charge is 2.47. The maximum absolute atomic E-state index is 14.8. The second-order valence-corrected chi connectivity index (χ2v) is 14.8. The molecule has 1 heterocycles. The molecule has 0 bridgehead atoms. The maximum atomic E-state index is 14.8. The topological polar surface area (TPSA) is 80.6 Å². The fraction of sp³-hybridized carbons (Fsp3) is 0.500. The van der Waals surface area contributed by atoms with Crippen LogP contribution in [0.5, 0.6) is 0 Å². The summed E-state index contributed by atoms with van der Waals surface area (Å²) in [5.41, 5.74) is -0.132. The lowest BCUT2D eigenvalue weighted by molar-refractivity contribution is -0.167. The molecule has 0 saturated carbocycles. The predicted octanol–water partition coefficient (Wildman–Crippen LogP) is 6.00. The van der Waals surface area contributed by atoms with Crippen LogP contribution in [0.15, 0.2) is 18.2 Å². The number of aryl methyl sites for hydroxylation is 1. The van der Waals surface area contributed by atoms with Crippen molar-refractivity contribution in [1.82, 2.24) is 4.57 Å². The van der Waals surface area contributed by atoms with Crippen LogP contribution in [0, 0.1) is 26.6 Å². The van der Waals surface area contributed by atoms with E-state index in [0.717, 1.165) is 4.57 Å². The maximum Gasteiger partial charge on any atom is 0.382 e. The van der Waals surface area contributed by atoms with Crippen LogP contribution in [0.4, 0.5) is 18.9 Å². The summed E-state index contributed by atoms with van der Waals surface area (Å²) in [6.07, 6.45) is 0. The van der Waals surface area contributed by atoms with Crippen LogP contribution in [0.2, 0.25) is 18.1 Å². The third-order valence-electron chi connectivity index (χ3n) is 6.56. The molecule has 0 aliphatic carbocycles. The fourth-order valence-electron chi connectivity index (χ4n) is 3.54. The Hall–Kier alpha value is -2.59. The number of anilines is 1. The highest BCUT2D eigenvalue weighted by molar-refractivity contribution is 6.74. The Labute approximate surface area is 199 Å². The number of carboxylic acid groups (broad SMARTS) is 1. The lowest BCUT2D eigenvalue weighted by Gasteiger charge is -2.36. The van der Waals surface area contributed by atoms with E-state index in [9.17, 15) is 27.9 Å². The molecule has 2 aromatic rings. The van der Waals surface area contributed by atoms with E-state index in [4.69, 9.17) is 4.43 Å². The van der Waals surface area contributed by atoms with E-state index in [2.05, 4.69) is 5.32 Å². The van der Waals surface area contributed by atoms with E-state index in [-0.39, 0.29) is 35.0 Å². The smallest absolute Gasteiger partial charge is 0.382 e. The van der Waals surface area contributed by atoms with Gasteiger partial charge in [0.05, 0.1) is 12.2 Å². The van der Waals surface area contributed by atoms with Crippen molar-refractivity contribution in [3.63, 3.8) is 0 Å². The van der Waals surface area contributed by atoms with Gasteiger partial charge in [-0.3, -0.25) is 4.79 Å². The van der Waals surface area contributed by atoms with Gasteiger partial charge in [-0.1, -0.05) is 20.8 Å². The number of hydrogen-bond acceptors (Lipinski definition) is 3. The van der Waals surface area contributed by atoms with Gasteiger partial charge in [-0.15, -0.1) is 0 Å². The molecule has 0 aliphatic heterocycles. The molecule has 188 valence electrons. The molecule has 0 atom stereocenters. The first-order valence-corrected chi connectivity index (χ1v) is 13.9. The summed E-state index contributed by atoms with van der Waals surface area (Å²) in [4.78, 5) is 24.5. The van der Waals surface area contributed by atoms with Gasteiger partial charge in [0.15, 0.2) is 8.32 Å². The summed E-state index contributed by atoms with van der Waals surface area (Å²) in [5.74, 6) is -7.65. The number of rotatable bonds is 8. The van der Waals surface area contributed by atoms with Gasteiger partial charge in [0, 0.05) is 17.9 Å². The Morgan fingerprint density at radius 2 is 1.74 bits per heavy atom. The average molecular weight is 499 g/mol. The molecule has 0 unspecified atom stereocenters. The molecular formula is C24H33F3N2O4Si. The van der Waals surface area contributed by atoms with Crippen LogP contribution in [0.25, 0.3) is 0 Å². The fourth-order valence-corrected chi connectivity index (χ4v) is 4.57. The summed E-state index contributed by atoms with van der Waals surface area (Å²) in [6, 6.07) is 3.98. The summed E-state index contributed by atoms with van der Waals surface area (Å²) >= 11 is 0. The first kappa shape index (κ1) is 27.6.